The van der Waals surface area contributed by atoms with Gasteiger partial charge in [0, 0.05) is 26.4 Å². The number of carbonyl (C=O) groups is 1. The number of halogens is 1. The van der Waals surface area contributed by atoms with Gasteiger partial charge < -0.3 is 9.64 Å². The Morgan fingerprint density at radius 2 is 2.50 bits per heavy atom. The van der Waals surface area contributed by atoms with Crippen LogP contribution in [0.4, 0.5) is 4.39 Å². The van der Waals surface area contributed by atoms with Crippen molar-refractivity contribution >= 4 is 5.91 Å². The second-order valence-electron chi connectivity index (χ2n) is 4.62. The average Bonchev–Trinajstić information content (AvgIpc) is 2.39. The largest absolute Gasteiger partial charge is 0.381 e. The van der Waals surface area contributed by atoms with Crippen molar-refractivity contribution in [2.45, 2.75) is 12.8 Å². The first-order chi connectivity index (χ1) is 8.68. The summed E-state index contributed by atoms with van der Waals surface area (Å²) in [6, 6.07) is 1.41. The second-order valence-corrected chi connectivity index (χ2v) is 4.62. The Hall–Kier alpha value is -1.49. The SMILES string of the molecule is CN(CC1CCCOC1)C(=O)c1ccncc1F. The molecule has 1 fully saturated rings. The van der Waals surface area contributed by atoms with Crippen molar-refractivity contribution < 1.29 is 13.9 Å². The summed E-state index contributed by atoms with van der Waals surface area (Å²) in [5.74, 6) is -0.535. The molecule has 0 aliphatic carbocycles. The summed E-state index contributed by atoms with van der Waals surface area (Å²) in [6.45, 7) is 2.07. The van der Waals surface area contributed by atoms with E-state index in [0.717, 1.165) is 25.6 Å². The van der Waals surface area contributed by atoms with Crippen molar-refractivity contribution in [3.63, 3.8) is 0 Å². The Kier molecular flexibility index (Phi) is 4.25. The molecule has 2 rings (SSSR count). The van der Waals surface area contributed by atoms with Crippen LogP contribution in [0.25, 0.3) is 0 Å². The van der Waals surface area contributed by atoms with Crippen LogP contribution >= 0.6 is 0 Å². The lowest BCUT2D eigenvalue weighted by Crippen LogP contribution is -2.35. The highest BCUT2D eigenvalue weighted by Gasteiger charge is 2.21. The summed E-state index contributed by atoms with van der Waals surface area (Å²) in [4.78, 5) is 17.2. The van der Waals surface area contributed by atoms with Crippen LogP contribution in [-0.4, -0.2) is 42.6 Å². The van der Waals surface area contributed by atoms with Gasteiger partial charge in [-0.15, -0.1) is 0 Å². The summed E-state index contributed by atoms with van der Waals surface area (Å²) in [5.41, 5.74) is 0.0734. The fraction of sp³-hybridized carbons (Fsp3) is 0.538. The standard InChI is InChI=1S/C13H17FN2O2/c1-16(8-10-3-2-6-18-9-10)13(17)11-4-5-15-7-12(11)14/h4-5,7,10H,2-3,6,8-9H2,1H3. The van der Waals surface area contributed by atoms with E-state index in [-0.39, 0.29) is 11.5 Å². The smallest absolute Gasteiger partial charge is 0.256 e. The highest BCUT2D eigenvalue weighted by atomic mass is 19.1. The molecule has 2 heterocycles. The zero-order chi connectivity index (χ0) is 13.0. The molecule has 1 unspecified atom stereocenters. The summed E-state index contributed by atoms with van der Waals surface area (Å²) in [6.07, 6.45) is 4.56. The molecule has 1 aliphatic rings. The van der Waals surface area contributed by atoms with Crippen molar-refractivity contribution in [2.24, 2.45) is 5.92 Å². The number of hydrogen-bond donors (Lipinski definition) is 0. The van der Waals surface area contributed by atoms with E-state index >= 15 is 0 Å². The second kappa shape index (κ2) is 5.91. The van der Waals surface area contributed by atoms with Gasteiger partial charge in [0.15, 0.2) is 5.82 Å². The monoisotopic (exact) mass is 252 g/mol. The van der Waals surface area contributed by atoms with Gasteiger partial charge in [0.1, 0.15) is 0 Å². The molecule has 1 aromatic heterocycles. The van der Waals surface area contributed by atoms with Gasteiger partial charge in [-0.25, -0.2) is 4.39 Å². The van der Waals surface area contributed by atoms with E-state index in [1.165, 1.54) is 12.3 Å². The minimum atomic E-state index is -0.575. The predicted octanol–water partition coefficient (Wildman–Crippen LogP) is 1.72. The first-order valence-corrected chi connectivity index (χ1v) is 6.11. The van der Waals surface area contributed by atoms with E-state index in [4.69, 9.17) is 4.74 Å². The molecule has 5 heteroatoms. The van der Waals surface area contributed by atoms with E-state index in [9.17, 15) is 9.18 Å². The van der Waals surface area contributed by atoms with Crippen LogP contribution in [0.2, 0.25) is 0 Å². The lowest BCUT2D eigenvalue weighted by Gasteiger charge is -2.27. The Bertz CT molecular complexity index is 419. The van der Waals surface area contributed by atoms with Gasteiger partial charge in [-0.1, -0.05) is 0 Å². The van der Waals surface area contributed by atoms with Gasteiger partial charge in [-0.2, -0.15) is 0 Å². The maximum atomic E-state index is 13.4. The molecule has 1 aliphatic heterocycles. The molecule has 0 N–H and O–H groups in total. The van der Waals surface area contributed by atoms with Crippen molar-refractivity contribution in [2.75, 3.05) is 26.8 Å². The van der Waals surface area contributed by atoms with Gasteiger partial charge in [0.2, 0.25) is 0 Å². The molecule has 1 saturated heterocycles. The van der Waals surface area contributed by atoms with E-state index in [2.05, 4.69) is 4.98 Å². The zero-order valence-corrected chi connectivity index (χ0v) is 10.4. The van der Waals surface area contributed by atoms with E-state index in [1.54, 1.807) is 11.9 Å². The first kappa shape index (κ1) is 13.0. The number of carbonyl (C=O) groups excluding carboxylic acids is 1. The van der Waals surface area contributed by atoms with Crippen molar-refractivity contribution in [1.82, 2.24) is 9.88 Å². The van der Waals surface area contributed by atoms with Crippen LogP contribution in [-0.2, 0) is 4.74 Å². The Morgan fingerprint density at radius 1 is 1.67 bits per heavy atom. The molecule has 0 spiro atoms. The highest BCUT2D eigenvalue weighted by Crippen LogP contribution is 2.16. The van der Waals surface area contributed by atoms with Gasteiger partial charge in [-0.3, -0.25) is 9.78 Å². The van der Waals surface area contributed by atoms with Crippen LogP contribution < -0.4 is 0 Å². The summed E-state index contributed by atoms with van der Waals surface area (Å²) >= 11 is 0. The fourth-order valence-electron chi connectivity index (χ4n) is 2.18. The van der Waals surface area contributed by atoms with Crippen LogP contribution in [0.15, 0.2) is 18.5 Å². The topological polar surface area (TPSA) is 42.4 Å². The van der Waals surface area contributed by atoms with Crippen molar-refractivity contribution in [1.29, 1.82) is 0 Å². The molecule has 1 aromatic rings. The number of nitrogens with zero attached hydrogens (tertiary/aromatic N) is 2. The minimum absolute atomic E-state index is 0.0734. The third kappa shape index (κ3) is 3.04. The van der Waals surface area contributed by atoms with Crippen LogP contribution in [0.1, 0.15) is 23.2 Å². The molecule has 18 heavy (non-hydrogen) atoms. The highest BCUT2D eigenvalue weighted by molar-refractivity contribution is 5.94. The fourth-order valence-corrected chi connectivity index (χ4v) is 2.18. The van der Waals surface area contributed by atoms with Gasteiger partial charge >= 0.3 is 0 Å². The third-order valence-corrected chi connectivity index (χ3v) is 3.14. The normalized spacial score (nSPS) is 19.6. The average molecular weight is 252 g/mol. The first-order valence-electron chi connectivity index (χ1n) is 6.11. The summed E-state index contributed by atoms with van der Waals surface area (Å²) < 4.78 is 18.8. The number of pyridine rings is 1. The maximum Gasteiger partial charge on any atom is 0.256 e. The van der Waals surface area contributed by atoms with Crippen molar-refractivity contribution in [3.05, 3.63) is 29.8 Å². The van der Waals surface area contributed by atoms with Crippen LogP contribution in [0.3, 0.4) is 0 Å². The van der Waals surface area contributed by atoms with Gasteiger partial charge in [-0.05, 0) is 24.8 Å². The third-order valence-electron chi connectivity index (χ3n) is 3.14. The van der Waals surface area contributed by atoms with E-state index in [1.807, 2.05) is 0 Å². The molecule has 4 nitrogen and oxygen atoms in total. The molecular weight excluding hydrogens is 235 g/mol. The molecule has 0 bridgehead atoms. The van der Waals surface area contributed by atoms with E-state index < -0.39 is 5.82 Å². The van der Waals surface area contributed by atoms with Crippen molar-refractivity contribution in [3.8, 4) is 0 Å². The summed E-state index contributed by atoms with van der Waals surface area (Å²) in [7, 11) is 1.69. The molecule has 1 atom stereocenters. The number of aromatic nitrogens is 1. The Labute approximate surface area is 106 Å². The van der Waals surface area contributed by atoms with Crippen LogP contribution in [0, 0.1) is 11.7 Å². The maximum absolute atomic E-state index is 13.4. The number of ether oxygens (including phenoxy) is 1. The molecule has 1 amide bonds. The van der Waals surface area contributed by atoms with Crippen LogP contribution in [0.5, 0.6) is 0 Å². The number of hydrogen-bond acceptors (Lipinski definition) is 3. The lowest BCUT2D eigenvalue weighted by molar-refractivity contribution is 0.0387. The predicted molar refractivity (Wildman–Crippen MR) is 64.7 cm³/mol. The Balaban J connectivity index is 1.98. The zero-order valence-electron chi connectivity index (χ0n) is 10.4. The quantitative estimate of drug-likeness (QED) is 0.822. The van der Waals surface area contributed by atoms with Gasteiger partial charge in [0.05, 0.1) is 18.4 Å². The number of rotatable bonds is 3. The molecular formula is C13H17FN2O2. The van der Waals surface area contributed by atoms with E-state index in [0.29, 0.717) is 19.1 Å². The molecule has 0 saturated carbocycles. The Morgan fingerprint density at radius 3 is 3.17 bits per heavy atom. The lowest BCUT2D eigenvalue weighted by atomic mass is 10.0. The molecule has 98 valence electrons. The minimum Gasteiger partial charge on any atom is -0.381 e. The summed E-state index contributed by atoms with van der Waals surface area (Å²) in [5, 5.41) is 0. The number of amides is 1. The molecule has 0 aromatic carbocycles. The molecule has 0 radical (unpaired) electrons. The van der Waals surface area contributed by atoms with Gasteiger partial charge in [0.25, 0.3) is 5.91 Å².